The first kappa shape index (κ1) is 24.9. The fourth-order valence-corrected chi connectivity index (χ4v) is 2.57. The molecule has 0 aliphatic carbocycles. The van der Waals surface area contributed by atoms with Crippen molar-refractivity contribution >= 4 is 7.82 Å². The SMILES string of the molecule is CCCCCCCCCCCCOOOOCCCCOP(=O)(O)O. The number of unbranched alkanes of at least 4 members (excludes halogenated alkanes) is 10. The monoisotopic (exact) mass is 386 g/mol. The molecule has 0 unspecified atom stereocenters. The first-order valence-corrected chi connectivity index (χ1v) is 10.9. The van der Waals surface area contributed by atoms with E-state index in [1.54, 1.807) is 0 Å². The van der Waals surface area contributed by atoms with Crippen molar-refractivity contribution in [3.63, 3.8) is 0 Å². The summed E-state index contributed by atoms with van der Waals surface area (Å²) in [7, 11) is -4.38. The Morgan fingerprint density at radius 2 is 1.04 bits per heavy atom. The zero-order valence-corrected chi connectivity index (χ0v) is 16.3. The van der Waals surface area contributed by atoms with E-state index in [1.165, 1.54) is 51.4 Å². The third-order valence-corrected chi connectivity index (χ3v) is 4.11. The highest BCUT2D eigenvalue weighted by molar-refractivity contribution is 7.46. The zero-order chi connectivity index (χ0) is 18.6. The van der Waals surface area contributed by atoms with Crippen molar-refractivity contribution in [2.45, 2.75) is 84.0 Å². The molecule has 152 valence electrons. The lowest BCUT2D eigenvalue weighted by atomic mass is 10.1. The molecule has 0 amide bonds. The highest BCUT2D eigenvalue weighted by Crippen LogP contribution is 2.35. The summed E-state index contributed by atoms with van der Waals surface area (Å²) in [6.45, 7) is 2.86. The average molecular weight is 386 g/mol. The smallest absolute Gasteiger partial charge is 0.303 e. The van der Waals surface area contributed by atoms with Gasteiger partial charge in [0.15, 0.2) is 0 Å². The Kier molecular flexibility index (Phi) is 18.7. The van der Waals surface area contributed by atoms with Crippen LogP contribution in [0.25, 0.3) is 0 Å². The van der Waals surface area contributed by atoms with Crippen LogP contribution in [-0.4, -0.2) is 29.6 Å². The van der Waals surface area contributed by atoms with Gasteiger partial charge < -0.3 is 9.79 Å². The highest BCUT2D eigenvalue weighted by Gasteiger charge is 2.12. The van der Waals surface area contributed by atoms with Crippen LogP contribution in [0, 0.1) is 0 Å². The van der Waals surface area contributed by atoms with Gasteiger partial charge in [-0.2, -0.15) is 0 Å². The van der Waals surface area contributed by atoms with Crippen molar-refractivity contribution in [3.8, 4) is 0 Å². The number of hydrogen-bond donors (Lipinski definition) is 2. The molecule has 0 radical (unpaired) electrons. The zero-order valence-electron chi connectivity index (χ0n) is 15.4. The van der Waals surface area contributed by atoms with Crippen LogP contribution >= 0.6 is 7.82 Å². The molecular weight excluding hydrogens is 351 g/mol. The molecule has 0 fully saturated rings. The van der Waals surface area contributed by atoms with Crippen LogP contribution in [0.5, 0.6) is 0 Å². The molecular formula is C16H35O8P. The van der Waals surface area contributed by atoms with E-state index in [0.717, 1.165) is 12.8 Å². The van der Waals surface area contributed by atoms with Gasteiger partial charge in [-0.05, 0) is 29.3 Å². The van der Waals surface area contributed by atoms with E-state index >= 15 is 0 Å². The number of phosphoric ester groups is 1. The Labute approximate surface area is 151 Å². The van der Waals surface area contributed by atoms with Gasteiger partial charge in [-0.1, -0.05) is 64.7 Å². The summed E-state index contributed by atoms with van der Waals surface area (Å²) in [4.78, 5) is 26.4. The van der Waals surface area contributed by atoms with E-state index < -0.39 is 7.82 Å². The van der Waals surface area contributed by atoms with Crippen LogP contribution in [0.4, 0.5) is 0 Å². The lowest BCUT2D eigenvalue weighted by Gasteiger charge is -2.05. The molecule has 8 nitrogen and oxygen atoms in total. The third kappa shape index (κ3) is 24.0. The van der Waals surface area contributed by atoms with Crippen molar-refractivity contribution in [3.05, 3.63) is 0 Å². The van der Waals surface area contributed by atoms with Crippen LogP contribution in [0.2, 0.25) is 0 Å². The van der Waals surface area contributed by atoms with Gasteiger partial charge in [0.25, 0.3) is 0 Å². The molecule has 0 heterocycles. The Balaban J connectivity index is 3.02. The maximum absolute atomic E-state index is 10.4. The maximum atomic E-state index is 10.4. The largest absolute Gasteiger partial charge is 0.469 e. The normalized spacial score (nSPS) is 12.0. The molecule has 0 atom stereocenters. The Morgan fingerprint density at radius 3 is 1.52 bits per heavy atom. The van der Waals surface area contributed by atoms with Crippen LogP contribution in [0.1, 0.15) is 84.0 Å². The number of rotatable bonds is 20. The lowest BCUT2D eigenvalue weighted by molar-refractivity contribution is -0.634. The van der Waals surface area contributed by atoms with E-state index in [4.69, 9.17) is 14.7 Å². The van der Waals surface area contributed by atoms with Gasteiger partial charge >= 0.3 is 7.82 Å². The van der Waals surface area contributed by atoms with Crippen molar-refractivity contribution < 1.29 is 38.7 Å². The molecule has 0 saturated heterocycles. The van der Waals surface area contributed by atoms with Crippen LogP contribution in [0.3, 0.4) is 0 Å². The average Bonchev–Trinajstić information content (AvgIpc) is 2.56. The van der Waals surface area contributed by atoms with Crippen molar-refractivity contribution in [1.29, 1.82) is 0 Å². The van der Waals surface area contributed by atoms with Crippen LogP contribution in [-0.2, 0) is 28.9 Å². The Bertz CT molecular complexity index is 311. The van der Waals surface area contributed by atoms with Crippen molar-refractivity contribution in [1.82, 2.24) is 0 Å². The summed E-state index contributed by atoms with van der Waals surface area (Å²) < 4.78 is 14.7. The van der Waals surface area contributed by atoms with E-state index in [9.17, 15) is 4.57 Å². The summed E-state index contributed by atoms with van der Waals surface area (Å²) in [6.07, 6.45) is 13.5. The first-order chi connectivity index (χ1) is 12.1. The van der Waals surface area contributed by atoms with Gasteiger partial charge in [0.05, 0.1) is 19.8 Å². The second-order valence-corrected chi connectivity index (χ2v) is 7.23. The molecule has 0 aliphatic heterocycles. The Hall–Kier alpha value is -0.0500. The molecule has 0 aromatic carbocycles. The van der Waals surface area contributed by atoms with Gasteiger partial charge in [-0.3, -0.25) is 4.52 Å². The van der Waals surface area contributed by atoms with Crippen molar-refractivity contribution in [2.75, 3.05) is 19.8 Å². The fourth-order valence-electron chi connectivity index (χ4n) is 2.20. The van der Waals surface area contributed by atoms with Gasteiger partial charge in [0, 0.05) is 0 Å². The topological polar surface area (TPSA) is 104 Å². The van der Waals surface area contributed by atoms with Crippen LogP contribution in [0.15, 0.2) is 0 Å². The minimum Gasteiger partial charge on any atom is -0.303 e. The van der Waals surface area contributed by atoms with E-state index in [2.05, 4.69) is 26.4 Å². The molecule has 9 heteroatoms. The molecule has 0 aliphatic rings. The third-order valence-electron chi connectivity index (χ3n) is 3.59. The van der Waals surface area contributed by atoms with Crippen LogP contribution < -0.4 is 0 Å². The first-order valence-electron chi connectivity index (χ1n) is 9.34. The van der Waals surface area contributed by atoms with Gasteiger partial charge in [-0.25, -0.2) is 14.3 Å². The number of hydrogen-bond acceptors (Lipinski definition) is 6. The molecule has 0 aromatic rings. The van der Waals surface area contributed by atoms with E-state index in [-0.39, 0.29) is 13.2 Å². The molecule has 0 rings (SSSR count). The van der Waals surface area contributed by atoms with Crippen molar-refractivity contribution in [2.24, 2.45) is 0 Å². The summed E-state index contributed by atoms with van der Waals surface area (Å²) in [5.41, 5.74) is 0. The minimum absolute atomic E-state index is 0.0380. The lowest BCUT2D eigenvalue weighted by Crippen LogP contribution is -2.02. The van der Waals surface area contributed by atoms with E-state index in [0.29, 0.717) is 19.4 Å². The predicted molar refractivity (Wildman–Crippen MR) is 93.1 cm³/mol. The van der Waals surface area contributed by atoms with Gasteiger partial charge in [0.1, 0.15) is 0 Å². The predicted octanol–water partition coefficient (Wildman–Crippen LogP) is 4.61. The number of phosphoric acid groups is 1. The summed E-state index contributed by atoms with van der Waals surface area (Å²) >= 11 is 0. The summed E-state index contributed by atoms with van der Waals surface area (Å²) in [5.74, 6) is 0. The molecule has 25 heavy (non-hydrogen) atoms. The highest BCUT2D eigenvalue weighted by atomic mass is 31.2. The van der Waals surface area contributed by atoms with Gasteiger partial charge in [0.2, 0.25) is 0 Å². The summed E-state index contributed by atoms with van der Waals surface area (Å²) in [6, 6.07) is 0. The molecule has 0 spiro atoms. The Morgan fingerprint density at radius 1 is 0.640 bits per heavy atom. The minimum atomic E-state index is -4.38. The molecule has 0 aromatic heterocycles. The van der Waals surface area contributed by atoms with E-state index in [1.807, 2.05) is 0 Å². The second kappa shape index (κ2) is 18.7. The fraction of sp³-hybridized carbons (Fsp3) is 1.00. The quantitative estimate of drug-likeness (QED) is 0.135. The molecule has 2 N–H and O–H groups in total. The molecule has 0 saturated carbocycles. The maximum Gasteiger partial charge on any atom is 0.469 e. The molecule has 0 bridgehead atoms. The van der Waals surface area contributed by atoms with Gasteiger partial charge in [-0.15, -0.1) is 0 Å². The standard InChI is InChI=1S/C16H35O8P/c1-2-3-4-5-6-7-8-9-10-11-14-20-23-24-21-15-12-13-16-22-25(17,18)19/h2-16H2,1H3,(H2,17,18,19). The summed E-state index contributed by atoms with van der Waals surface area (Å²) in [5, 5.41) is 8.76. The second-order valence-electron chi connectivity index (χ2n) is 5.99.